The van der Waals surface area contributed by atoms with Crippen LogP contribution in [0.3, 0.4) is 0 Å². The summed E-state index contributed by atoms with van der Waals surface area (Å²) in [6, 6.07) is 10.8. The van der Waals surface area contributed by atoms with Crippen molar-refractivity contribution >= 4 is 49.6 Å². The Hall–Kier alpha value is -3.51. The van der Waals surface area contributed by atoms with Gasteiger partial charge >= 0.3 is 0 Å². The van der Waals surface area contributed by atoms with Crippen molar-refractivity contribution in [1.29, 1.82) is 0 Å². The van der Waals surface area contributed by atoms with E-state index in [1.807, 2.05) is 18.5 Å². The molecule has 0 fully saturated rings. The predicted octanol–water partition coefficient (Wildman–Crippen LogP) is 6.42. The van der Waals surface area contributed by atoms with Crippen LogP contribution in [-0.4, -0.2) is 49.0 Å². The largest absolute Gasteiger partial charge is 0.383 e. The van der Waals surface area contributed by atoms with Crippen molar-refractivity contribution in [2.45, 2.75) is 63.1 Å². The fourth-order valence-electron chi connectivity index (χ4n) is 5.54. The number of hydrogen-bond donors (Lipinski definition) is 3. The molecule has 0 saturated carbocycles. The van der Waals surface area contributed by atoms with Crippen LogP contribution < -0.4 is 15.8 Å². The van der Waals surface area contributed by atoms with Crippen molar-refractivity contribution in [2.75, 3.05) is 24.2 Å². The van der Waals surface area contributed by atoms with Crippen LogP contribution >= 0.6 is 11.6 Å². The number of anilines is 2. The highest BCUT2D eigenvalue weighted by molar-refractivity contribution is 7.92. The minimum Gasteiger partial charge on any atom is -0.383 e. The zero-order valence-electron chi connectivity index (χ0n) is 24.6. The molecule has 2 atom stereocenters. The summed E-state index contributed by atoms with van der Waals surface area (Å²) in [5.41, 5.74) is 10.1. The number of hydrogen-bond acceptors (Lipinski definition) is 7. The van der Waals surface area contributed by atoms with Gasteiger partial charge < -0.3 is 15.8 Å². The Labute approximate surface area is 256 Å². The van der Waals surface area contributed by atoms with Gasteiger partial charge in [0, 0.05) is 42.6 Å². The van der Waals surface area contributed by atoms with E-state index in [0.717, 1.165) is 30.3 Å². The van der Waals surface area contributed by atoms with Gasteiger partial charge in [-0.25, -0.2) is 17.8 Å². The summed E-state index contributed by atoms with van der Waals surface area (Å²) in [7, 11) is -2.41. The van der Waals surface area contributed by atoms with Crippen LogP contribution in [0.25, 0.3) is 27.7 Å². The van der Waals surface area contributed by atoms with Crippen LogP contribution in [0.15, 0.2) is 59.6 Å². The van der Waals surface area contributed by atoms with E-state index in [9.17, 15) is 8.42 Å². The molecule has 2 heterocycles. The molecule has 5 rings (SSSR count). The third kappa shape index (κ3) is 6.40. The third-order valence-electron chi connectivity index (χ3n) is 7.55. The highest BCUT2D eigenvalue weighted by Gasteiger charge is 2.26. The molecule has 2 aromatic carbocycles. The molecule has 2 unspecified atom stereocenters. The van der Waals surface area contributed by atoms with Gasteiger partial charge in [-0.3, -0.25) is 9.40 Å². The molecule has 0 bridgehead atoms. The summed E-state index contributed by atoms with van der Waals surface area (Å²) >= 11 is 6.07. The van der Waals surface area contributed by atoms with Gasteiger partial charge in [0.1, 0.15) is 22.2 Å². The number of fused-ring (bicyclic) bond motifs is 1. The van der Waals surface area contributed by atoms with Gasteiger partial charge in [0.15, 0.2) is 0 Å². The summed E-state index contributed by atoms with van der Waals surface area (Å²) in [5.74, 6) is -0.479. The smallest absolute Gasteiger partial charge is 0.263 e. The first-order valence-corrected chi connectivity index (χ1v) is 16.0. The van der Waals surface area contributed by atoms with E-state index in [-0.39, 0.29) is 33.5 Å². The average Bonchev–Trinajstić information content (AvgIpc) is 3.37. The lowest BCUT2D eigenvalue weighted by molar-refractivity contribution is 0.165. The first-order valence-electron chi connectivity index (χ1n) is 14.2. The first kappa shape index (κ1) is 30.9. The summed E-state index contributed by atoms with van der Waals surface area (Å²) in [5, 5.41) is 9.17. The van der Waals surface area contributed by atoms with Crippen LogP contribution in [0.1, 0.15) is 51.6 Å². The van der Waals surface area contributed by atoms with Crippen molar-refractivity contribution in [3.05, 3.63) is 71.1 Å². The molecular weight excluding hydrogens is 591 g/mol. The van der Waals surface area contributed by atoms with Crippen molar-refractivity contribution in [2.24, 2.45) is 0 Å². The molecule has 2 aromatic heterocycles. The highest BCUT2D eigenvalue weighted by Crippen LogP contribution is 2.40. The molecule has 0 amide bonds. The third-order valence-corrected chi connectivity index (χ3v) is 9.42. The van der Waals surface area contributed by atoms with Gasteiger partial charge in [0.2, 0.25) is 0 Å². The zero-order valence-corrected chi connectivity index (χ0v) is 26.1. The molecule has 43 heavy (non-hydrogen) atoms. The molecule has 12 heteroatoms. The van der Waals surface area contributed by atoms with Gasteiger partial charge in [-0.2, -0.15) is 5.10 Å². The fraction of sp³-hybridized carbons (Fsp3) is 0.355. The first-order chi connectivity index (χ1) is 20.5. The standard InChI is InChI=1S/C31H36ClFN6O3S/c1-18(2)39-30-23(20-9-12-22(13-10-20)36-19(3)17-42-4)16-35-31(34)28(30)29(37-39)21-11-14-26(25(33)15-21)38-43(40,41)27-8-6-5-7-24(27)32/h5-9,11,14-16,18-19,22,36,38H,10,12-13,17H2,1-4H3,(H2,34,35). The number of nitrogens with one attached hydrogen (secondary N) is 2. The van der Waals surface area contributed by atoms with Gasteiger partial charge in [0.05, 0.1) is 28.2 Å². The van der Waals surface area contributed by atoms with E-state index >= 15 is 4.39 Å². The Morgan fingerprint density at radius 2 is 1.98 bits per heavy atom. The number of sulfonamides is 1. The molecule has 0 spiro atoms. The lowest BCUT2D eigenvalue weighted by Crippen LogP contribution is -2.39. The van der Waals surface area contributed by atoms with Gasteiger partial charge in [-0.15, -0.1) is 0 Å². The Bertz CT molecular complexity index is 1790. The van der Waals surface area contributed by atoms with Crippen molar-refractivity contribution in [3.8, 4) is 11.3 Å². The molecule has 1 aliphatic rings. The number of nitrogens with two attached hydrogens (primary N) is 1. The van der Waals surface area contributed by atoms with E-state index < -0.39 is 15.8 Å². The van der Waals surface area contributed by atoms with E-state index in [2.05, 4.69) is 28.0 Å². The molecule has 9 nitrogen and oxygen atoms in total. The average molecular weight is 627 g/mol. The summed E-state index contributed by atoms with van der Waals surface area (Å²) in [6.45, 7) is 6.81. The normalized spacial score (nSPS) is 16.4. The second-order valence-electron chi connectivity index (χ2n) is 11.1. The topological polar surface area (TPSA) is 124 Å². The van der Waals surface area contributed by atoms with Crippen molar-refractivity contribution < 1.29 is 17.5 Å². The monoisotopic (exact) mass is 626 g/mol. The molecule has 4 N–H and O–H groups in total. The maximum absolute atomic E-state index is 15.4. The summed E-state index contributed by atoms with van der Waals surface area (Å²) < 4.78 is 50.7. The minimum atomic E-state index is -4.11. The lowest BCUT2D eigenvalue weighted by Gasteiger charge is -2.26. The molecule has 1 aliphatic carbocycles. The molecule has 0 saturated heterocycles. The van der Waals surface area contributed by atoms with Crippen LogP contribution in [0.5, 0.6) is 0 Å². The van der Waals surface area contributed by atoms with Crippen molar-refractivity contribution in [1.82, 2.24) is 20.1 Å². The Kier molecular flexibility index (Phi) is 9.07. The second kappa shape index (κ2) is 12.6. The number of rotatable bonds is 10. The van der Waals surface area contributed by atoms with Crippen molar-refractivity contribution in [3.63, 3.8) is 0 Å². The van der Waals surface area contributed by atoms with Crippen LogP contribution in [0.2, 0.25) is 5.02 Å². The van der Waals surface area contributed by atoms with Gasteiger partial charge in [-0.05, 0) is 69.9 Å². The number of ether oxygens (including phenoxy) is 1. The van der Waals surface area contributed by atoms with E-state index in [1.165, 1.54) is 29.8 Å². The van der Waals surface area contributed by atoms with Gasteiger partial charge in [0.25, 0.3) is 10.0 Å². The number of aromatic nitrogens is 3. The number of benzene rings is 2. The van der Waals surface area contributed by atoms with E-state index in [4.69, 9.17) is 27.2 Å². The number of allylic oxidation sites excluding steroid dienone is 1. The van der Waals surface area contributed by atoms with Crippen LogP contribution in [-0.2, 0) is 14.8 Å². The summed E-state index contributed by atoms with van der Waals surface area (Å²) in [6.07, 6.45) is 6.72. The highest BCUT2D eigenvalue weighted by atomic mass is 35.5. The molecule has 4 aromatic rings. The molecule has 228 valence electrons. The number of halogens is 2. The number of methoxy groups -OCH3 is 1. The minimum absolute atomic E-state index is 0.0168. The lowest BCUT2D eigenvalue weighted by atomic mass is 9.90. The zero-order chi connectivity index (χ0) is 30.9. The molecule has 0 radical (unpaired) electrons. The maximum Gasteiger partial charge on any atom is 0.263 e. The SMILES string of the molecule is COCC(C)NC1CC=C(c2cnc(N)c3c(-c4ccc(NS(=O)(=O)c5ccccc5Cl)c(F)c4)nn(C(C)C)c23)CC1. The Morgan fingerprint density at radius 3 is 2.63 bits per heavy atom. The Balaban J connectivity index is 1.51. The molecule has 0 aliphatic heterocycles. The van der Waals surface area contributed by atoms with E-state index in [1.54, 1.807) is 31.5 Å². The quantitative estimate of drug-likeness (QED) is 0.186. The van der Waals surface area contributed by atoms with Crippen LogP contribution in [0.4, 0.5) is 15.9 Å². The number of pyridine rings is 1. The molecular formula is C31H36ClFN6O3S. The maximum atomic E-state index is 15.4. The Morgan fingerprint density at radius 1 is 1.21 bits per heavy atom. The fourth-order valence-corrected chi connectivity index (χ4v) is 7.13. The predicted molar refractivity (Wildman–Crippen MR) is 170 cm³/mol. The van der Waals surface area contributed by atoms with Crippen LogP contribution in [0, 0.1) is 5.82 Å². The number of nitrogens with zero attached hydrogens (tertiary/aromatic N) is 3. The number of nitrogen functional groups attached to an aromatic ring is 1. The second-order valence-corrected chi connectivity index (χ2v) is 13.2. The summed E-state index contributed by atoms with van der Waals surface area (Å²) in [4.78, 5) is 4.38. The van der Waals surface area contributed by atoms with E-state index in [0.29, 0.717) is 29.3 Å². The van der Waals surface area contributed by atoms with Gasteiger partial charge in [-0.1, -0.05) is 35.9 Å².